The second-order valence-corrected chi connectivity index (χ2v) is 5.36. The molecule has 3 rings (SSSR count). The van der Waals surface area contributed by atoms with Crippen molar-refractivity contribution in [3.63, 3.8) is 0 Å². The highest BCUT2D eigenvalue weighted by atomic mass is 16.5. The van der Waals surface area contributed by atoms with Gasteiger partial charge in [-0.1, -0.05) is 23.4 Å². The van der Waals surface area contributed by atoms with Crippen molar-refractivity contribution in [2.75, 3.05) is 18.0 Å². The molecule has 1 N–H and O–H groups in total. The van der Waals surface area contributed by atoms with Gasteiger partial charge in [-0.3, -0.25) is 4.79 Å². The summed E-state index contributed by atoms with van der Waals surface area (Å²) in [5.41, 5.74) is 1.56. The Kier molecular flexibility index (Phi) is 3.90. The molecule has 110 valence electrons. The van der Waals surface area contributed by atoms with Crippen molar-refractivity contribution in [2.45, 2.75) is 25.8 Å². The van der Waals surface area contributed by atoms with Crippen molar-refractivity contribution < 1.29 is 9.32 Å². The van der Waals surface area contributed by atoms with Crippen molar-refractivity contribution >= 4 is 11.6 Å². The predicted molar refractivity (Wildman–Crippen MR) is 80.4 cm³/mol. The van der Waals surface area contributed by atoms with Crippen LogP contribution in [0.3, 0.4) is 0 Å². The predicted octanol–water partition coefficient (Wildman–Crippen LogP) is 2.38. The average Bonchev–Trinajstić information content (AvgIpc) is 3.14. The zero-order chi connectivity index (χ0) is 14.7. The Bertz CT molecular complexity index is 609. The van der Waals surface area contributed by atoms with Gasteiger partial charge in [0.15, 0.2) is 5.69 Å². The third-order valence-electron chi connectivity index (χ3n) is 3.82. The maximum absolute atomic E-state index is 12.0. The van der Waals surface area contributed by atoms with Crippen LogP contribution in [0.4, 0.5) is 5.69 Å². The molecule has 5 nitrogen and oxygen atoms in total. The van der Waals surface area contributed by atoms with Crippen LogP contribution in [0.2, 0.25) is 0 Å². The normalized spacial score (nSPS) is 18.0. The molecule has 1 saturated heterocycles. The molecule has 1 atom stereocenters. The molecule has 0 aliphatic carbocycles. The first-order chi connectivity index (χ1) is 10.2. The molecule has 1 fully saturated rings. The lowest BCUT2D eigenvalue weighted by atomic mass is 10.2. The Balaban J connectivity index is 1.61. The van der Waals surface area contributed by atoms with E-state index in [9.17, 15) is 4.79 Å². The standard InChI is InChI=1S/C16H19N3O2/c1-12-10-15(18-21-12)16(20)17-11-14-8-5-9-19(14)13-6-3-2-4-7-13/h2-4,6-7,10,14H,5,8-9,11H2,1H3,(H,17,20). The number of anilines is 1. The van der Waals surface area contributed by atoms with Crippen molar-refractivity contribution in [3.8, 4) is 0 Å². The van der Waals surface area contributed by atoms with Crippen LogP contribution in [0, 0.1) is 6.92 Å². The van der Waals surface area contributed by atoms with Gasteiger partial charge in [-0.15, -0.1) is 0 Å². The summed E-state index contributed by atoms with van der Waals surface area (Å²) in [5.74, 6) is 0.471. The van der Waals surface area contributed by atoms with Crippen LogP contribution in [0.15, 0.2) is 40.9 Å². The van der Waals surface area contributed by atoms with Crippen LogP contribution in [0.5, 0.6) is 0 Å². The van der Waals surface area contributed by atoms with Crippen LogP contribution in [-0.4, -0.2) is 30.2 Å². The molecule has 2 heterocycles. The van der Waals surface area contributed by atoms with Crippen molar-refractivity contribution in [2.24, 2.45) is 0 Å². The summed E-state index contributed by atoms with van der Waals surface area (Å²) in [7, 11) is 0. The van der Waals surface area contributed by atoms with E-state index in [0.29, 0.717) is 24.0 Å². The molecule has 1 amide bonds. The van der Waals surface area contributed by atoms with Gasteiger partial charge in [-0.05, 0) is 31.9 Å². The Labute approximate surface area is 123 Å². The third-order valence-corrected chi connectivity index (χ3v) is 3.82. The van der Waals surface area contributed by atoms with E-state index in [1.165, 1.54) is 5.69 Å². The molecular weight excluding hydrogens is 266 g/mol. The highest BCUT2D eigenvalue weighted by Gasteiger charge is 2.25. The Morgan fingerprint density at radius 2 is 2.24 bits per heavy atom. The first-order valence-corrected chi connectivity index (χ1v) is 7.27. The van der Waals surface area contributed by atoms with E-state index in [1.807, 2.05) is 18.2 Å². The number of hydrogen-bond donors (Lipinski definition) is 1. The molecular formula is C16H19N3O2. The SMILES string of the molecule is Cc1cc(C(=O)NCC2CCCN2c2ccccc2)no1. The van der Waals surface area contributed by atoms with Crippen molar-refractivity contribution in [1.82, 2.24) is 10.5 Å². The minimum absolute atomic E-state index is 0.174. The second-order valence-electron chi connectivity index (χ2n) is 5.36. The molecule has 1 aliphatic rings. The largest absolute Gasteiger partial charge is 0.367 e. The number of para-hydroxylation sites is 1. The van der Waals surface area contributed by atoms with E-state index in [4.69, 9.17) is 4.52 Å². The van der Waals surface area contributed by atoms with Gasteiger partial charge < -0.3 is 14.7 Å². The molecule has 2 aromatic rings. The minimum atomic E-state index is -0.174. The molecule has 0 spiro atoms. The number of benzene rings is 1. The van der Waals surface area contributed by atoms with Crippen molar-refractivity contribution in [1.29, 1.82) is 0 Å². The van der Waals surface area contributed by atoms with E-state index in [1.54, 1.807) is 13.0 Å². The molecule has 0 radical (unpaired) electrons. The number of carbonyl (C=O) groups excluding carboxylic acids is 1. The quantitative estimate of drug-likeness (QED) is 0.937. The summed E-state index contributed by atoms with van der Waals surface area (Å²) >= 11 is 0. The lowest BCUT2D eigenvalue weighted by Crippen LogP contribution is -2.40. The fraction of sp³-hybridized carbons (Fsp3) is 0.375. The zero-order valence-electron chi connectivity index (χ0n) is 12.1. The van der Waals surface area contributed by atoms with Gasteiger partial charge in [-0.2, -0.15) is 0 Å². The average molecular weight is 285 g/mol. The fourth-order valence-corrected chi connectivity index (χ4v) is 2.78. The second kappa shape index (κ2) is 5.99. The van der Waals surface area contributed by atoms with Gasteiger partial charge in [0.05, 0.1) is 0 Å². The summed E-state index contributed by atoms with van der Waals surface area (Å²) in [4.78, 5) is 14.4. The van der Waals surface area contributed by atoms with Gasteiger partial charge in [0.2, 0.25) is 0 Å². The summed E-state index contributed by atoms with van der Waals surface area (Å²) in [5, 5.41) is 6.69. The molecule has 1 unspecified atom stereocenters. The molecule has 0 bridgehead atoms. The van der Waals surface area contributed by atoms with Gasteiger partial charge in [0, 0.05) is 30.9 Å². The first kappa shape index (κ1) is 13.7. The number of hydrogen-bond acceptors (Lipinski definition) is 4. The highest BCUT2D eigenvalue weighted by molar-refractivity contribution is 5.92. The molecule has 0 saturated carbocycles. The number of rotatable bonds is 4. The van der Waals surface area contributed by atoms with E-state index < -0.39 is 0 Å². The number of amides is 1. The van der Waals surface area contributed by atoms with E-state index in [0.717, 1.165) is 19.4 Å². The molecule has 21 heavy (non-hydrogen) atoms. The Morgan fingerprint density at radius 3 is 2.95 bits per heavy atom. The molecule has 1 aromatic heterocycles. The van der Waals surface area contributed by atoms with Crippen molar-refractivity contribution in [3.05, 3.63) is 47.9 Å². The monoisotopic (exact) mass is 285 g/mol. The number of carbonyl (C=O) groups is 1. The molecule has 5 heteroatoms. The van der Waals surface area contributed by atoms with Gasteiger partial charge in [-0.25, -0.2) is 0 Å². The summed E-state index contributed by atoms with van der Waals surface area (Å²) in [6.07, 6.45) is 2.24. The van der Waals surface area contributed by atoms with Gasteiger partial charge in [0.1, 0.15) is 5.76 Å². The smallest absolute Gasteiger partial charge is 0.273 e. The van der Waals surface area contributed by atoms with E-state index >= 15 is 0 Å². The highest BCUT2D eigenvalue weighted by Crippen LogP contribution is 2.24. The fourth-order valence-electron chi connectivity index (χ4n) is 2.78. The number of nitrogens with one attached hydrogen (secondary N) is 1. The number of aryl methyl sites for hydroxylation is 1. The van der Waals surface area contributed by atoms with Crippen LogP contribution in [0.1, 0.15) is 29.1 Å². The van der Waals surface area contributed by atoms with Crippen LogP contribution < -0.4 is 10.2 Å². The topological polar surface area (TPSA) is 58.4 Å². The van der Waals surface area contributed by atoms with Crippen LogP contribution in [-0.2, 0) is 0 Å². The van der Waals surface area contributed by atoms with Gasteiger partial charge in [0.25, 0.3) is 5.91 Å². The zero-order valence-corrected chi connectivity index (χ0v) is 12.1. The van der Waals surface area contributed by atoms with Crippen LogP contribution >= 0.6 is 0 Å². The summed E-state index contributed by atoms with van der Waals surface area (Å²) in [6.45, 7) is 3.44. The Morgan fingerprint density at radius 1 is 1.43 bits per heavy atom. The van der Waals surface area contributed by atoms with E-state index in [2.05, 4.69) is 27.5 Å². The van der Waals surface area contributed by atoms with Gasteiger partial charge >= 0.3 is 0 Å². The maximum Gasteiger partial charge on any atom is 0.273 e. The number of aromatic nitrogens is 1. The molecule has 1 aromatic carbocycles. The summed E-state index contributed by atoms with van der Waals surface area (Å²) in [6, 6.07) is 12.3. The minimum Gasteiger partial charge on any atom is -0.367 e. The lowest BCUT2D eigenvalue weighted by molar-refractivity contribution is 0.0942. The number of nitrogens with zero attached hydrogens (tertiary/aromatic N) is 2. The first-order valence-electron chi connectivity index (χ1n) is 7.27. The Hall–Kier alpha value is -2.30. The molecule has 1 aliphatic heterocycles. The van der Waals surface area contributed by atoms with E-state index in [-0.39, 0.29) is 5.91 Å². The third kappa shape index (κ3) is 3.07. The lowest BCUT2D eigenvalue weighted by Gasteiger charge is -2.26. The van der Waals surface area contributed by atoms with Crippen LogP contribution in [0.25, 0.3) is 0 Å². The summed E-state index contributed by atoms with van der Waals surface area (Å²) < 4.78 is 4.93. The maximum atomic E-state index is 12.0.